The Hall–Kier alpha value is 0.710. The molecular formula is C61H126Al4O3. The minimum atomic E-state index is -0.982. The van der Waals surface area contributed by atoms with Gasteiger partial charge in [-0.15, -0.1) is 13.2 Å². The number of hydrogen-bond acceptors (Lipinski definition) is 3. The van der Waals surface area contributed by atoms with Crippen molar-refractivity contribution < 1.29 is 12.7 Å². The van der Waals surface area contributed by atoms with Crippen LogP contribution in [0.15, 0.2) is 61.8 Å². The molecule has 0 fully saturated rings. The predicted molar refractivity (Wildman–Crippen MR) is 324 cm³/mol. The second-order valence-corrected chi connectivity index (χ2v) is 33.8. The first-order valence-corrected chi connectivity index (χ1v) is 37.7. The van der Waals surface area contributed by atoms with Crippen LogP contribution < -0.4 is 0 Å². The van der Waals surface area contributed by atoms with Gasteiger partial charge in [0, 0.05) is 13.2 Å². The van der Waals surface area contributed by atoms with Crippen LogP contribution in [0.25, 0.3) is 0 Å². The summed E-state index contributed by atoms with van der Waals surface area (Å²) < 4.78 is 12.2. The molecule has 0 aliphatic rings. The van der Waals surface area contributed by atoms with Gasteiger partial charge < -0.3 is 12.7 Å². The van der Waals surface area contributed by atoms with Gasteiger partial charge in [0.05, 0.1) is 6.61 Å². The van der Waals surface area contributed by atoms with Crippen molar-refractivity contribution in [2.45, 2.75) is 250 Å². The zero-order valence-electron chi connectivity index (χ0n) is 50.2. The van der Waals surface area contributed by atoms with E-state index in [1.54, 1.807) is 21.9 Å². The van der Waals surface area contributed by atoms with Crippen LogP contribution in [0.1, 0.15) is 202 Å². The van der Waals surface area contributed by atoms with E-state index in [1.165, 1.54) is 70.2 Å². The van der Waals surface area contributed by atoms with Crippen molar-refractivity contribution in [3.8, 4) is 0 Å². The van der Waals surface area contributed by atoms with Crippen LogP contribution in [0, 0.1) is 53.3 Å². The molecule has 0 saturated heterocycles. The maximum Gasteiger partial charge on any atom is 0.461 e. The van der Waals surface area contributed by atoms with Crippen LogP contribution in [-0.2, 0) is 7.58 Å². The lowest BCUT2D eigenvalue weighted by Crippen LogP contribution is -2.22. The number of hydrogen-bond donors (Lipinski definition) is 1. The van der Waals surface area contributed by atoms with Gasteiger partial charge >= 0.3 is 29.0 Å². The van der Waals surface area contributed by atoms with Crippen LogP contribution in [0.2, 0.25) is 47.5 Å². The van der Waals surface area contributed by atoms with E-state index >= 15 is 0 Å². The van der Waals surface area contributed by atoms with Gasteiger partial charge in [-0.05, 0) is 51.4 Å². The van der Waals surface area contributed by atoms with E-state index in [4.69, 9.17) is 12.7 Å². The highest BCUT2D eigenvalue weighted by molar-refractivity contribution is 6.59. The van der Waals surface area contributed by atoms with E-state index in [-0.39, 0.29) is 6.61 Å². The summed E-state index contributed by atoms with van der Waals surface area (Å²) in [6.07, 6.45) is 30.0. The van der Waals surface area contributed by atoms with Gasteiger partial charge in [0.1, 0.15) is 0 Å². The Morgan fingerprint density at radius 3 is 1.00 bits per heavy atom. The minimum absolute atomic E-state index is 0.161. The number of unbranched alkanes of at least 4 members (excludes halogenated alkanes) is 8. The summed E-state index contributed by atoms with van der Waals surface area (Å²) in [7, 11) is 0. The summed E-state index contributed by atoms with van der Waals surface area (Å²) in [5.74, 6) is 7.80. The van der Waals surface area contributed by atoms with Gasteiger partial charge in [-0.2, -0.15) is 0 Å². The molecule has 400 valence electrons. The minimum Gasteiger partial charge on any atom is -0.498 e. The van der Waals surface area contributed by atoms with Crippen molar-refractivity contribution in [1.29, 1.82) is 0 Å². The second-order valence-electron chi connectivity index (χ2n) is 23.8. The Labute approximate surface area is 452 Å². The van der Waals surface area contributed by atoms with Crippen LogP contribution in [0.4, 0.5) is 0 Å². The third-order valence-electron chi connectivity index (χ3n) is 11.2. The summed E-state index contributed by atoms with van der Waals surface area (Å²) in [4.78, 5) is 0. The summed E-state index contributed by atoms with van der Waals surface area (Å²) in [5.41, 5.74) is 0. The Kier molecular flexibility index (Phi) is 68.8. The first-order chi connectivity index (χ1) is 32.1. The molecule has 0 aromatic rings. The van der Waals surface area contributed by atoms with Gasteiger partial charge in [0.2, 0.25) is 15.2 Å². The quantitative estimate of drug-likeness (QED) is 0.0381. The molecule has 1 N–H and O–H groups in total. The lowest BCUT2D eigenvalue weighted by atomic mass is 10.1. The van der Waals surface area contributed by atoms with E-state index in [2.05, 4.69) is 169 Å². The normalized spacial score (nSPS) is 11.5. The molecule has 0 aromatic heterocycles. The molecule has 0 atom stereocenters. The topological polar surface area (TPSA) is 38.7 Å². The monoisotopic (exact) mass is 1010 g/mol. The number of allylic oxidation sites excluding steroid dienone is 5. The molecule has 68 heavy (non-hydrogen) atoms. The Morgan fingerprint density at radius 1 is 0.397 bits per heavy atom. The molecular weight excluding hydrogens is 889 g/mol. The molecule has 0 saturated carbocycles. The van der Waals surface area contributed by atoms with E-state index in [0.29, 0.717) is 15.2 Å². The first-order valence-electron chi connectivity index (χ1n) is 29.1. The van der Waals surface area contributed by atoms with Crippen LogP contribution in [0.3, 0.4) is 0 Å². The van der Waals surface area contributed by atoms with E-state index in [0.717, 1.165) is 98.6 Å². The first kappa shape index (κ1) is 77.6. The van der Waals surface area contributed by atoms with Crippen molar-refractivity contribution in [1.82, 2.24) is 0 Å². The summed E-state index contributed by atoms with van der Waals surface area (Å²) in [5, 5.41) is 21.3. The average Bonchev–Trinajstić information content (AvgIpc) is 3.20. The third-order valence-corrected chi connectivity index (χ3v) is 26.3. The van der Waals surface area contributed by atoms with Crippen molar-refractivity contribution in [2.24, 2.45) is 53.3 Å². The van der Waals surface area contributed by atoms with Crippen molar-refractivity contribution >= 4 is 58.3 Å². The highest BCUT2D eigenvalue weighted by Gasteiger charge is 2.24. The summed E-state index contributed by atoms with van der Waals surface area (Å²) >= 11 is -2.04. The SMILES string of the molecule is C=CCCC/C=C/CO.C=CCCC/C=C/C[O][Al]([CH2]C(C)C)[CH2]C(C)C.CC(C)[CH2][AlH][CH2]C(C)C.CC(C)[CH2][Al]([CH2]C(C)C)[CH2]C(C)C.CCCCCC/C=C/C[O][Al]([CH2]C(C)C)[CH2]C(C)C. The van der Waals surface area contributed by atoms with Crippen LogP contribution in [0.5, 0.6) is 0 Å². The molecule has 0 amide bonds. The fourth-order valence-electron chi connectivity index (χ4n) is 8.19. The third kappa shape index (κ3) is 80.8. The van der Waals surface area contributed by atoms with Gasteiger partial charge in [0.25, 0.3) is 14.1 Å². The Balaban J connectivity index is -0.000000251. The molecule has 0 spiro atoms. The fourth-order valence-corrected chi connectivity index (χ4v) is 20.5. The summed E-state index contributed by atoms with van der Waals surface area (Å²) in [6.45, 7) is 53.4. The largest absolute Gasteiger partial charge is 0.498 e. The van der Waals surface area contributed by atoms with Gasteiger partial charge in [-0.3, -0.25) is 0 Å². The zero-order chi connectivity index (χ0) is 53.0. The molecule has 0 radical (unpaired) electrons. The van der Waals surface area contributed by atoms with Gasteiger partial charge in [-0.1, -0.05) is 300 Å². The lowest BCUT2D eigenvalue weighted by molar-refractivity contribution is 0.342. The maximum atomic E-state index is 8.32. The molecule has 0 unspecified atom stereocenters. The molecule has 0 aromatic carbocycles. The fraction of sp³-hybridized carbons (Fsp3) is 0.836. The second kappa shape index (κ2) is 60.3. The molecule has 0 aliphatic heterocycles. The number of aliphatic hydroxyl groups excluding tert-OH is 1. The van der Waals surface area contributed by atoms with Crippen molar-refractivity contribution in [3.63, 3.8) is 0 Å². The Morgan fingerprint density at radius 2 is 0.721 bits per heavy atom. The Bertz CT molecular complexity index is 1010. The molecule has 0 aliphatic carbocycles. The standard InChI is InChI=1S/C9H17O.C8H14O.C8H13O.9C4H9.4Al.H/c1-2-3-4-5-6-7-8-9-10;2*1-2-3-4-5-6-7-8-9;9*1-4(2)3;;;;;/h7-8H,2-6,9H2,1H3;2,6-7,9H,1,3-5,8H2;2,6-7H,1,3-5,8H2;9*4H,1H2,2-3H3;;;;;/q-1;;-1;;;;;;;;;;;;2*+1;/b8-7+;2*7-6+;;;;;;;;;;;;;;. The maximum absolute atomic E-state index is 8.32. The number of rotatable bonds is 38. The van der Waals surface area contributed by atoms with E-state index in [9.17, 15) is 0 Å². The molecule has 0 heterocycles. The molecule has 0 bridgehead atoms. The van der Waals surface area contributed by atoms with Crippen molar-refractivity contribution in [2.75, 3.05) is 19.8 Å². The smallest absolute Gasteiger partial charge is 0.461 e. The molecule has 3 nitrogen and oxygen atoms in total. The highest BCUT2D eigenvalue weighted by Crippen LogP contribution is 2.21. The van der Waals surface area contributed by atoms with E-state index in [1.807, 2.05) is 18.2 Å². The molecule has 7 heteroatoms. The lowest BCUT2D eigenvalue weighted by Gasteiger charge is -2.17. The van der Waals surface area contributed by atoms with Crippen molar-refractivity contribution in [3.05, 3.63) is 61.8 Å². The van der Waals surface area contributed by atoms with E-state index < -0.39 is 43.1 Å². The predicted octanol–water partition coefficient (Wildman–Crippen LogP) is 20.0. The van der Waals surface area contributed by atoms with Crippen LogP contribution >= 0.6 is 0 Å². The zero-order valence-corrected chi connectivity index (χ0v) is 55.1. The number of aliphatic hydroxyl groups is 1. The highest BCUT2D eigenvalue weighted by atomic mass is 27.2. The van der Waals surface area contributed by atoms with Gasteiger partial charge in [0.15, 0.2) is 0 Å². The summed E-state index contributed by atoms with van der Waals surface area (Å²) in [6, 6.07) is 0. The van der Waals surface area contributed by atoms with Gasteiger partial charge in [-0.25, -0.2) is 0 Å². The molecule has 0 rings (SSSR count). The van der Waals surface area contributed by atoms with Crippen LogP contribution in [-0.4, -0.2) is 83.3 Å². The average molecular weight is 1020 g/mol.